The normalized spacial score (nSPS) is 9.67. The number of pyridine rings is 1. The third kappa shape index (κ3) is 3.62. The number of hydrogen-bond acceptors (Lipinski definition) is 3. The van der Waals surface area contributed by atoms with E-state index in [9.17, 15) is 4.39 Å². The maximum Gasteiger partial charge on any atom is 1.00 e. The van der Waals surface area contributed by atoms with Crippen molar-refractivity contribution in [1.29, 1.82) is 0 Å². The maximum absolute atomic E-state index is 13.0. The molecule has 2 aromatic heterocycles. The molecule has 0 amide bonds. The molecule has 2 heterocycles. The Morgan fingerprint density at radius 3 is 2.80 bits per heavy atom. The van der Waals surface area contributed by atoms with E-state index < -0.39 is 0 Å². The number of halogens is 1. The Morgan fingerprint density at radius 1 is 1.47 bits per heavy atom. The van der Waals surface area contributed by atoms with Gasteiger partial charge in [-0.25, -0.2) is 0 Å². The maximum atomic E-state index is 13.0. The van der Waals surface area contributed by atoms with Gasteiger partial charge in [0.25, 0.3) is 0 Å². The van der Waals surface area contributed by atoms with Gasteiger partial charge in [-0.05, 0) is 24.4 Å². The van der Waals surface area contributed by atoms with Crippen LogP contribution >= 0.6 is 11.3 Å². The van der Waals surface area contributed by atoms with Gasteiger partial charge in [0.1, 0.15) is 0 Å². The van der Waals surface area contributed by atoms with Crippen molar-refractivity contribution in [3.05, 3.63) is 46.2 Å². The second-order valence-corrected chi connectivity index (χ2v) is 3.83. The molecule has 0 atom stereocenters. The van der Waals surface area contributed by atoms with Crippen molar-refractivity contribution >= 4 is 17.0 Å². The van der Waals surface area contributed by atoms with Crippen LogP contribution in [0.2, 0.25) is 0 Å². The Bertz CT molecular complexity index is 427. The van der Waals surface area contributed by atoms with Crippen molar-refractivity contribution in [1.82, 2.24) is 4.98 Å². The largest absolute Gasteiger partial charge is 1.00 e. The topological polar surface area (TPSA) is 38.9 Å². The van der Waals surface area contributed by atoms with Crippen LogP contribution in [0.25, 0.3) is 0 Å². The number of aromatic nitrogens is 1. The molecule has 2 rings (SSSR count). The Labute approximate surface area is 134 Å². The van der Waals surface area contributed by atoms with E-state index in [2.05, 4.69) is 10.4 Å². The first-order valence-electron chi connectivity index (χ1n) is 4.10. The zero-order chi connectivity index (χ0) is 9.97. The molecule has 2 aromatic rings. The molecule has 2 N–H and O–H groups in total. The summed E-state index contributed by atoms with van der Waals surface area (Å²) < 4.78 is 13.0. The first kappa shape index (κ1) is 13.3. The van der Waals surface area contributed by atoms with Crippen LogP contribution < -0.4 is 57.1 Å². The van der Waals surface area contributed by atoms with Gasteiger partial charge in [-0.3, -0.25) is 20.7 Å². The average molecular weight is 246 g/mol. The van der Waals surface area contributed by atoms with Gasteiger partial charge >= 0.3 is 51.4 Å². The van der Waals surface area contributed by atoms with Crippen molar-refractivity contribution in [2.45, 2.75) is 6.42 Å². The molecule has 0 aliphatic rings. The molecule has 0 aliphatic carbocycles. The van der Waals surface area contributed by atoms with Crippen molar-refractivity contribution in [3.63, 3.8) is 0 Å². The fraction of sp³-hybridized carbons (Fsp3) is 0.100. The number of rotatable bonds is 2. The van der Waals surface area contributed by atoms with Crippen LogP contribution in [0.3, 0.4) is 0 Å². The number of thiophene rings is 1. The molecule has 5 heteroatoms. The molecule has 15 heavy (non-hydrogen) atoms. The quantitative estimate of drug-likeness (QED) is 0.560. The number of nitrogen functional groups attached to an aromatic ring is 1. The summed E-state index contributed by atoms with van der Waals surface area (Å²) >= 11 is 1.28. The summed E-state index contributed by atoms with van der Waals surface area (Å²) in [6.45, 7) is 0. The monoisotopic (exact) mass is 246 g/mol. The predicted molar refractivity (Wildman–Crippen MR) is 54.6 cm³/mol. The van der Waals surface area contributed by atoms with E-state index in [0.717, 1.165) is 5.69 Å². The zero-order valence-electron chi connectivity index (χ0n) is 8.33. The molecule has 0 spiro atoms. The van der Waals surface area contributed by atoms with Crippen molar-refractivity contribution in [3.8, 4) is 0 Å². The summed E-state index contributed by atoms with van der Waals surface area (Å²) in [6, 6.07) is 4.91. The summed E-state index contributed by atoms with van der Waals surface area (Å²) in [5, 5.41) is 2.74. The molecule has 0 radical (unpaired) electrons. The Morgan fingerprint density at radius 2 is 2.27 bits per heavy atom. The van der Waals surface area contributed by atoms with E-state index in [0.29, 0.717) is 17.0 Å². The molecule has 2 nitrogen and oxygen atoms in total. The first-order valence-corrected chi connectivity index (χ1v) is 4.92. The smallest absolute Gasteiger partial charge is 0.397 e. The van der Waals surface area contributed by atoms with E-state index in [4.69, 9.17) is 5.73 Å². The SMILES string of the molecule is Nc1ccc(Cc2s[c-]cc2F)nc1.[K+]. The number of anilines is 1. The van der Waals surface area contributed by atoms with Crippen LogP contribution in [0.4, 0.5) is 10.1 Å². The van der Waals surface area contributed by atoms with Gasteiger partial charge < -0.3 is 5.73 Å². The Balaban J connectivity index is 0.00000112. The summed E-state index contributed by atoms with van der Waals surface area (Å²) in [7, 11) is 0. The van der Waals surface area contributed by atoms with Gasteiger partial charge in [0.2, 0.25) is 0 Å². The van der Waals surface area contributed by atoms with E-state index >= 15 is 0 Å². The van der Waals surface area contributed by atoms with Gasteiger partial charge in [-0.15, -0.1) is 16.3 Å². The number of hydrogen-bond donors (Lipinski definition) is 1. The second kappa shape index (κ2) is 6.08. The molecule has 0 saturated heterocycles. The summed E-state index contributed by atoms with van der Waals surface area (Å²) in [5.41, 5.74) is 6.92. The molecule has 0 bridgehead atoms. The molecular weight excluding hydrogens is 238 g/mol. The zero-order valence-corrected chi connectivity index (χ0v) is 12.3. The summed E-state index contributed by atoms with van der Waals surface area (Å²) in [5.74, 6) is -0.214. The van der Waals surface area contributed by atoms with Crippen molar-refractivity contribution < 1.29 is 55.8 Å². The fourth-order valence-corrected chi connectivity index (χ4v) is 1.79. The first-order chi connectivity index (χ1) is 6.75. The standard InChI is InChI=1S/C10H8FN2S.K/c11-9-3-4-14-10(9)5-8-2-1-7(12)6-13-8;/h1-3,6H,5,12H2;/q-1;+1. The van der Waals surface area contributed by atoms with Crippen LogP contribution in [0, 0.1) is 11.2 Å². The second-order valence-electron chi connectivity index (χ2n) is 2.90. The summed E-state index contributed by atoms with van der Waals surface area (Å²) in [6.07, 6.45) is 2.07. The van der Waals surface area contributed by atoms with E-state index in [1.54, 1.807) is 18.3 Å². The molecule has 0 saturated carbocycles. The van der Waals surface area contributed by atoms with Crippen LogP contribution in [0.5, 0.6) is 0 Å². The molecule has 0 fully saturated rings. The van der Waals surface area contributed by atoms with Gasteiger partial charge in [-0.2, -0.15) is 0 Å². The van der Waals surface area contributed by atoms with E-state index in [-0.39, 0.29) is 57.2 Å². The molecule has 0 unspecified atom stereocenters. The third-order valence-electron chi connectivity index (χ3n) is 1.82. The Hall–Kier alpha value is 0.216. The fourth-order valence-electron chi connectivity index (χ4n) is 1.11. The van der Waals surface area contributed by atoms with Crippen molar-refractivity contribution in [2.75, 3.05) is 5.73 Å². The molecule has 0 aliphatic heterocycles. The van der Waals surface area contributed by atoms with Crippen molar-refractivity contribution in [2.24, 2.45) is 0 Å². The molecule has 72 valence electrons. The predicted octanol–water partition coefficient (Wildman–Crippen LogP) is -0.741. The van der Waals surface area contributed by atoms with Crippen LogP contribution in [-0.2, 0) is 6.42 Å². The van der Waals surface area contributed by atoms with E-state index in [1.807, 2.05) is 0 Å². The van der Waals surface area contributed by atoms with Crippen LogP contribution in [0.15, 0.2) is 24.4 Å². The van der Waals surface area contributed by atoms with Gasteiger partial charge in [0.15, 0.2) is 0 Å². The van der Waals surface area contributed by atoms with Gasteiger partial charge in [0, 0.05) is 5.69 Å². The van der Waals surface area contributed by atoms with Crippen LogP contribution in [0.1, 0.15) is 10.6 Å². The van der Waals surface area contributed by atoms with Gasteiger partial charge in [0.05, 0.1) is 11.9 Å². The average Bonchev–Trinajstić information content (AvgIpc) is 2.56. The number of nitrogens with zero attached hydrogens (tertiary/aromatic N) is 1. The molecular formula is C10H8FKN2S. The summed E-state index contributed by atoms with van der Waals surface area (Å²) in [4.78, 5) is 4.75. The van der Waals surface area contributed by atoms with E-state index in [1.165, 1.54) is 17.4 Å². The van der Waals surface area contributed by atoms with Crippen LogP contribution in [-0.4, -0.2) is 4.98 Å². The molecule has 0 aromatic carbocycles. The minimum Gasteiger partial charge on any atom is -0.397 e. The third-order valence-corrected chi connectivity index (χ3v) is 2.64. The Kier molecular flexibility index (Phi) is 5.38. The minimum atomic E-state index is -0.214. The minimum absolute atomic E-state index is 0. The number of nitrogens with two attached hydrogens (primary N) is 1. The van der Waals surface area contributed by atoms with Gasteiger partial charge in [-0.1, -0.05) is 0 Å².